The van der Waals surface area contributed by atoms with Crippen LogP contribution in [0, 0.1) is 5.41 Å². The second-order valence-corrected chi connectivity index (χ2v) is 10.5. The Labute approximate surface area is 216 Å². The number of pyridine rings is 1. The van der Waals surface area contributed by atoms with E-state index in [1.54, 1.807) is 6.20 Å². The molecule has 8 heteroatoms. The largest absolute Gasteiger partial charge is 0.467 e. The minimum atomic E-state index is -0.647. The minimum absolute atomic E-state index is 0.200. The molecule has 6 rings (SSSR count). The predicted molar refractivity (Wildman–Crippen MR) is 141 cm³/mol. The topological polar surface area (TPSA) is 98.5 Å². The van der Waals surface area contributed by atoms with E-state index in [-0.39, 0.29) is 17.8 Å². The monoisotopic (exact) mass is 499 g/mol. The van der Waals surface area contributed by atoms with Crippen LogP contribution in [-0.2, 0) is 20.7 Å². The molecular weight excluding hydrogens is 466 g/mol. The molecule has 0 bridgehead atoms. The lowest BCUT2D eigenvalue weighted by molar-refractivity contribution is -0.142. The number of nitrogens with one attached hydrogen (secondary N) is 1. The van der Waals surface area contributed by atoms with Gasteiger partial charge in [0.05, 0.1) is 18.6 Å². The number of fused-ring (bicyclic) bond motifs is 1. The molecule has 0 unspecified atom stereocenters. The number of carbonyl (C=O) groups is 2. The molecule has 8 nitrogen and oxygen atoms in total. The number of ketones is 1. The van der Waals surface area contributed by atoms with E-state index < -0.39 is 11.5 Å². The summed E-state index contributed by atoms with van der Waals surface area (Å²) in [6, 6.07) is 11.6. The summed E-state index contributed by atoms with van der Waals surface area (Å²) in [6.07, 6.45) is 9.75. The maximum Gasteiger partial charge on any atom is 0.330 e. The van der Waals surface area contributed by atoms with Crippen molar-refractivity contribution in [2.75, 3.05) is 13.7 Å². The number of Topliss-reactive ketones (excluding diaryl/α,β-unsaturated/α-hetero) is 1. The number of nitrogens with zero attached hydrogens (tertiary/aromatic N) is 4. The van der Waals surface area contributed by atoms with Crippen molar-refractivity contribution >= 4 is 28.6 Å². The molecule has 1 aromatic carbocycles. The smallest absolute Gasteiger partial charge is 0.330 e. The van der Waals surface area contributed by atoms with Gasteiger partial charge < -0.3 is 10.1 Å². The number of esters is 1. The molecule has 2 atom stereocenters. The van der Waals surface area contributed by atoms with Crippen molar-refractivity contribution in [1.29, 1.82) is 0 Å². The van der Waals surface area contributed by atoms with E-state index in [9.17, 15) is 9.59 Å². The number of hydrogen-bond donors (Lipinski definition) is 1. The Hall–Kier alpha value is -3.39. The number of hydrogen-bond acceptors (Lipinski definition) is 7. The van der Waals surface area contributed by atoms with E-state index >= 15 is 0 Å². The number of aliphatic imine (C=N–C) groups is 1. The van der Waals surface area contributed by atoms with Crippen LogP contribution in [0.15, 0.2) is 47.6 Å². The zero-order chi connectivity index (χ0) is 25.4. The summed E-state index contributed by atoms with van der Waals surface area (Å²) < 4.78 is 7.23. The molecule has 1 saturated heterocycles. The number of ether oxygens (including phenoxy) is 1. The first kappa shape index (κ1) is 24.0. The molecule has 1 spiro atoms. The van der Waals surface area contributed by atoms with Gasteiger partial charge in [0.25, 0.3) is 0 Å². The summed E-state index contributed by atoms with van der Waals surface area (Å²) in [7, 11) is 1.40. The zero-order valence-corrected chi connectivity index (χ0v) is 21.3. The molecule has 2 aromatic heterocycles. The van der Waals surface area contributed by atoms with Gasteiger partial charge in [-0.15, -0.1) is 0 Å². The summed E-state index contributed by atoms with van der Waals surface area (Å²) in [6.45, 7) is 0.991. The molecule has 3 fully saturated rings. The highest BCUT2D eigenvalue weighted by molar-refractivity contribution is 6.27. The first-order valence-corrected chi connectivity index (χ1v) is 13.4. The SMILES string of the molecule is COC(=O)[C@H](Cc1ccc(-n2c([C@@H]3CCCN3)nc3cccnc32)cc1)N=C1CC(=O)C12CCCCC2. The van der Waals surface area contributed by atoms with Crippen molar-refractivity contribution in [3.05, 3.63) is 54.0 Å². The van der Waals surface area contributed by atoms with Crippen LogP contribution in [0.4, 0.5) is 0 Å². The summed E-state index contributed by atoms with van der Waals surface area (Å²) in [5.74, 6) is 0.902. The van der Waals surface area contributed by atoms with E-state index in [0.29, 0.717) is 12.8 Å². The third-order valence-electron chi connectivity index (χ3n) is 8.34. The van der Waals surface area contributed by atoms with Crippen LogP contribution in [-0.4, -0.2) is 51.7 Å². The molecule has 37 heavy (non-hydrogen) atoms. The van der Waals surface area contributed by atoms with E-state index in [2.05, 4.69) is 27.0 Å². The minimum Gasteiger partial charge on any atom is -0.467 e. The fraction of sp³-hybridized carbons (Fsp3) is 0.483. The Kier molecular flexibility index (Phi) is 6.36. The number of rotatable bonds is 6. The second-order valence-electron chi connectivity index (χ2n) is 10.5. The Morgan fingerprint density at radius 3 is 2.70 bits per heavy atom. The van der Waals surface area contributed by atoms with Gasteiger partial charge >= 0.3 is 5.97 Å². The lowest BCUT2D eigenvalue weighted by Gasteiger charge is -2.44. The zero-order valence-electron chi connectivity index (χ0n) is 21.3. The van der Waals surface area contributed by atoms with Crippen LogP contribution in [0.25, 0.3) is 16.9 Å². The van der Waals surface area contributed by atoms with Gasteiger partial charge in [-0.1, -0.05) is 31.4 Å². The highest BCUT2D eigenvalue weighted by Gasteiger charge is 2.52. The summed E-state index contributed by atoms with van der Waals surface area (Å²) in [5.41, 5.74) is 4.17. The highest BCUT2D eigenvalue weighted by atomic mass is 16.5. The van der Waals surface area contributed by atoms with E-state index in [1.165, 1.54) is 7.11 Å². The Morgan fingerprint density at radius 2 is 2.00 bits per heavy atom. The summed E-state index contributed by atoms with van der Waals surface area (Å²) in [4.78, 5) is 39.6. The molecule has 2 aliphatic carbocycles. The van der Waals surface area contributed by atoms with Crippen molar-refractivity contribution in [1.82, 2.24) is 19.9 Å². The Morgan fingerprint density at radius 1 is 1.19 bits per heavy atom. The van der Waals surface area contributed by atoms with Gasteiger partial charge in [-0.3, -0.25) is 14.4 Å². The fourth-order valence-corrected chi connectivity index (χ4v) is 6.27. The predicted octanol–water partition coefficient (Wildman–Crippen LogP) is 4.29. The summed E-state index contributed by atoms with van der Waals surface area (Å²) in [5, 5.41) is 3.56. The first-order chi connectivity index (χ1) is 18.1. The normalized spacial score (nSPS) is 22.9. The molecule has 192 valence electrons. The van der Waals surface area contributed by atoms with Crippen LogP contribution in [0.1, 0.15) is 68.8 Å². The first-order valence-electron chi connectivity index (χ1n) is 13.4. The van der Waals surface area contributed by atoms with Crippen molar-refractivity contribution in [2.45, 2.75) is 69.9 Å². The van der Waals surface area contributed by atoms with Gasteiger partial charge in [0.15, 0.2) is 11.7 Å². The van der Waals surface area contributed by atoms with Gasteiger partial charge in [0.2, 0.25) is 0 Å². The second kappa shape index (κ2) is 9.82. The molecule has 3 aliphatic rings. The number of carbonyl (C=O) groups excluding carboxylic acids is 2. The average Bonchev–Trinajstić information content (AvgIpc) is 3.61. The number of imidazole rings is 1. The standard InChI is InChI=1S/C29H33N5O3/c1-37-28(36)23(32-24-18-25(35)29(24)13-3-2-4-14-29)17-19-9-11-20(12-10-19)34-26-22(8-6-16-31-26)33-27(34)21-7-5-15-30-21/h6,8-12,16,21,23,30H,2-5,7,13-15,17-18H2,1H3/t21-,23-/m0/s1. The lowest BCUT2D eigenvalue weighted by atomic mass is 9.58. The maximum atomic E-state index is 12.7. The number of methoxy groups -OCH3 is 1. The van der Waals surface area contributed by atoms with Crippen molar-refractivity contribution in [3.8, 4) is 5.69 Å². The molecular formula is C29H33N5O3. The Balaban J connectivity index is 1.28. The highest BCUT2D eigenvalue weighted by Crippen LogP contribution is 2.47. The van der Waals surface area contributed by atoms with Crippen LogP contribution in [0.3, 0.4) is 0 Å². The number of benzene rings is 1. The third kappa shape index (κ3) is 4.27. The van der Waals surface area contributed by atoms with Crippen molar-refractivity contribution in [2.24, 2.45) is 10.4 Å². The van der Waals surface area contributed by atoms with Crippen molar-refractivity contribution < 1.29 is 14.3 Å². The molecule has 3 aromatic rings. The van der Waals surface area contributed by atoms with Crippen LogP contribution < -0.4 is 5.32 Å². The van der Waals surface area contributed by atoms with Gasteiger partial charge in [-0.05, 0) is 62.1 Å². The summed E-state index contributed by atoms with van der Waals surface area (Å²) >= 11 is 0. The van der Waals surface area contributed by atoms with Crippen molar-refractivity contribution in [3.63, 3.8) is 0 Å². The molecule has 1 N–H and O–H groups in total. The van der Waals surface area contributed by atoms with Gasteiger partial charge in [0, 0.05) is 30.4 Å². The quantitative estimate of drug-likeness (QED) is 0.508. The third-order valence-corrected chi connectivity index (χ3v) is 8.34. The molecule has 1 aliphatic heterocycles. The van der Waals surface area contributed by atoms with Crippen LogP contribution in [0.2, 0.25) is 0 Å². The van der Waals surface area contributed by atoms with E-state index in [4.69, 9.17) is 14.7 Å². The van der Waals surface area contributed by atoms with Crippen LogP contribution >= 0.6 is 0 Å². The van der Waals surface area contributed by atoms with Gasteiger partial charge in [0.1, 0.15) is 17.1 Å². The Bertz CT molecular complexity index is 1350. The average molecular weight is 500 g/mol. The molecule has 2 saturated carbocycles. The molecule has 3 heterocycles. The molecule has 0 radical (unpaired) electrons. The number of aromatic nitrogens is 3. The fourth-order valence-electron chi connectivity index (χ4n) is 6.27. The van der Waals surface area contributed by atoms with E-state index in [0.717, 1.165) is 85.4 Å². The van der Waals surface area contributed by atoms with Gasteiger partial charge in [-0.2, -0.15) is 0 Å². The van der Waals surface area contributed by atoms with Gasteiger partial charge in [-0.25, -0.2) is 14.8 Å². The lowest BCUT2D eigenvalue weighted by Crippen LogP contribution is -2.52. The molecule has 0 amide bonds. The van der Waals surface area contributed by atoms with E-state index in [1.807, 2.05) is 24.3 Å². The maximum absolute atomic E-state index is 12.7. The van der Waals surface area contributed by atoms with Crippen LogP contribution in [0.5, 0.6) is 0 Å².